The molecule has 0 amide bonds. The molecule has 0 spiro atoms. The smallest absolute Gasteiger partial charge is 0.266 e. The average Bonchev–Trinajstić information content (AvgIpc) is 2.47. The van der Waals surface area contributed by atoms with Crippen molar-refractivity contribution in [2.75, 3.05) is 0 Å². The number of aromatic nitrogens is 2. The van der Waals surface area contributed by atoms with E-state index in [1.807, 2.05) is 32.0 Å². The monoisotopic (exact) mass is 377 g/mol. The number of nitrogens with two attached hydrogens (primary N) is 1. The molecule has 3 aromatic rings. The molecular formula is C17H16ClN3O3S. The van der Waals surface area contributed by atoms with Gasteiger partial charge in [0.2, 0.25) is 10.0 Å². The van der Waals surface area contributed by atoms with Gasteiger partial charge in [-0.05, 0) is 44.5 Å². The van der Waals surface area contributed by atoms with E-state index in [4.69, 9.17) is 16.7 Å². The SMILES string of the molecule is Cc1ccc(-n2c(C)nc3cc(Cl)c(S(N)(=O)=O)cc3c2=O)c(C)c1. The number of rotatable bonds is 2. The Labute approximate surface area is 149 Å². The van der Waals surface area contributed by atoms with E-state index in [1.54, 1.807) is 6.92 Å². The zero-order chi connectivity index (χ0) is 18.5. The largest absolute Gasteiger partial charge is 0.268 e. The van der Waals surface area contributed by atoms with Crippen LogP contribution in [0.1, 0.15) is 17.0 Å². The minimum absolute atomic E-state index is 0.0643. The van der Waals surface area contributed by atoms with Gasteiger partial charge in [0.25, 0.3) is 5.56 Å². The highest BCUT2D eigenvalue weighted by atomic mass is 35.5. The normalized spacial score (nSPS) is 11.9. The first-order valence-electron chi connectivity index (χ1n) is 7.43. The second-order valence-electron chi connectivity index (χ2n) is 5.93. The average molecular weight is 378 g/mol. The van der Waals surface area contributed by atoms with Crippen LogP contribution in [0.25, 0.3) is 16.6 Å². The molecule has 6 nitrogen and oxygen atoms in total. The number of primary sulfonamides is 1. The van der Waals surface area contributed by atoms with Crippen LogP contribution in [0.15, 0.2) is 40.0 Å². The predicted octanol–water partition coefficient (Wildman–Crippen LogP) is 2.61. The van der Waals surface area contributed by atoms with Gasteiger partial charge in [-0.15, -0.1) is 0 Å². The minimum atomic E-state index is -4.05. The molecule has 8 heteroatoms. The molecular weight excluding hydrogens is 362 g/mol. The standard InChI is InChI=1S/C17H16ClN3O3S/c1-9-4-5-15(10(2)6-9)21-11(3)20-14-8-13(18)16(25(19,23)24)7-12(14)17(21)22/h4-8H,1-3H3,(H2,19,23,24). The molecule has 130 valence electrons. The van der Waals surface area contributed by atoms with Crippen LogP contribution in [0.5, 0.6) is 0 Å². The molecule has 0 radical (unpaired) electrons. The Morgan fingerprint density at radius 2 is 1.80 bits per heavy atom. The number of nitrogens with zero attached hydrogens (tertiary/aromatic N) is 2. The Balaban J connectivity index is 2.43. The fourth-order valence-corrected chi connectivity index (χ4v) is 3.95. The van der Waals surface area contributed by atoms with Gasteiger partial charge in [0.15, 0.2) is 0 Å². The lowest BCUT2D eigenvalue weighted by Crippen LogP contribution is -2.23. The third kappa shape index (κ3) is 3.06. The van der Waals surface area contributed by atoms with E-state index in [2.05, 4.69) is 4.98 Å². The van der Waals surface area contributed by atoms with Gasteiger partial charge >= 0.3 is 0 Å². The van der Waals surface area contributed by atoms with Gasteiger partial charge in [0.05, 0.1) is 21.6 Å². The fourth-order valence-electron chi connectivity index (χ4n) is 2.86. The van der Waals surface area contributed by atoms with Crippen LogP contribution >= 0.6 is 11.6 Å². The molecule has 2 aromatic carbocycles. The van der Waals surface area contributed by atoms with E-state index in [0.717, 1.165) is 11.1 Å². The number of halogens is 1. The zero-order valence-electron chi connectivity index (χ0n) is 13.9. The van der Waals surface area contributed by atoms with Crippen LogP contribution in [0, 0.1) is 20.8 Å². The van der Waals surface area contributed by atoms with Crippen molar-refractivity contribution in [2.45, 2.75) is 25.7 Å². The quantitative estimate of drug-likeness (QED) is 0.742. The molecule has 0 atom stereocenters. The minimum Gasteiger partial charge on any atom is -0.268 e. The fraction of sp³-hybridized carbons (Fsp3) is 0.176. The summed E-state index contributed by atoms with van der Waals surface area (Å²) in [7, 11) is -4.05. The first kappa shape index (κ1) is 17.6. The van der Waals surface area contributed by atoms with Gasteiger partial charge in [-0.1, -0.05) is 29.3 Å². The second-order valence-corrected chi connectivity index (χ2v) is 7.87. The Morgan fingerprint density at radius 3 is 2.40 bits per heavy atom. The van der Waals surface area contributed by atoms with E-state index < -0.39 is 10.0 Å². The molecule has 0 bridgehead atoms. The summed E-state index contributed by atoms with van der Waals surface area (Å²) in [5.74, 6) is 0.476. The Morgan fingerprint density at radius 1 is 1.12 bits per heavy atom. The summed E-state index contributed by atoms with van der Waals surface area (Å²) >= 11 is 5.98. The second kappa shape index (κ2) is 5.94. The lowest BCUT2D eigenvalue weighted by Gasteiger charge is -2.14. The molecule has 0 aliphatic rings. The lowest BCUT2D eigenvalue weighted by atomic mass is 10.1. The third-order valence-corrected chi connectivity index (χ3v) is 5.36. The van der Waals surface area contributed by atoms with Crippen LogP contribution < -0.4 is 10.7 Å². The summed E-state index contributed by atoms with van der Waals surface area (Å²) in [5, 5.41) is 5.25. The van der Waals surface area contributed by atoms with Crippen molar-refractivity contribution in [2.24, 2.45) is 5.14 Å². The maximum absolute atomic E-state index is 13.0. The molecule has 0 fully saturated rings. The number of fused-ring (bicyclic) bond motifs is 1. The molecule has 0 aliphatic heterocycles. The van der Waals surface area contributed by atoms with Crippen LogP contribution in [0.4, 0.5) is 0 Å². The van der Waals surface area contributed by atoms with E-state index in [0.29, 0.717) is 17.0 Å². The van der Waals surface area contributed by atoms with Crippen molar-refractivity contribution in [1.29, 1.82) is 0 Å². The van der Waals surface area contributed by atoms with E-state index >= 15 is 0 Å². The van der Waals surface area contributed by atoms with Gasteiger partial charge < -0.3 is 0 Å². The highest BCUT2D eigenvalue weighted by molar-refractivity contribution is 7.89. The summed E-state index contributed by atoms with van der Waals surface area (Å²) < 4.78 is 24.8. The molecule has 3 rings (SSSR count). The van der Waals surface area contributed by atoms with Gasteiger partial charge in [-0.2, -0.15) is 0 Å². The summed E-state index contributed by atoms with van der Waals surface area (Å²) in [4.78, 5) is 17.1. The molecule has 0 unspecified atom stereocenters. The van der Waals surface area contributed by atoms with E-state index in [9.17, 15) is 13.2 Å². The number of hydrogen-bond donors (Lipinski definition) is 1. The van der Waals surface area contributed by atoms with Gasteiger partial charge in [0, 0.05) is 0 Å². The van der Waals surface area contributed by atoms with Crippen molar-refractivity contribution >= 4 is 32.5 Å². The molecule has 0 aliphatic carbocycles. The highest BCUT2D eigenvalue weighted by Gasteiger charge is 2.18. The van der Waals surface area contributed by atoms with Crippen molar-refractivity contribution in [3.8, 4) is 5.69 Å². The first-order chi connectivity index (χ1) is 11.6. The lowest BCUT2D eigenvalue weighted by molar-refractivity contribution is 0.598. The maximum atomic E-state index is 13.0. The van der Waals surface area contributed by atoms with Crippen molar-refractivity contribution in [3.63, 3.8) is 0 Å². The van der Waals surface area contributed by atoms with Gasteiger partial charge in [0.1, 0.15) is 10.7 Å². The Hall–Kier alpha value is -2.22. The van der Waals surface area contributed by atoms with Crippen LogP contribution in [0.3, 0.4) is 0 Å². The number of sulfonamides is 1. The topological polar surface area (TPSA) is 95.1 Å². The van der Waals surface area contributed by atoms with E-state index in [-0.39, 0.29) is 20.9 Å². The molecule has 0 saturated carbocycles. The third-order valence-electron chi connectivity index (χ3n) is 3.99. The molecule has 1 aromatic heterocycles. The van der Waals surface area contributed by atoms with Crippen LogP contribution in [0.2, 0.25) is 5.02 Å². The van der Waals surface area contributed by atoms with Crippen LogP contribution in [-0.2, 0) is 10.0 Å². The summed E-state index contributed by atoms with van der Waals surface area (Å²) in [6.45, 7) is 5.57. The van der Waals surface area contributed by atoms with Crippen LogP contribution in [-0.4, -0.2) is 18.0 Å². The van der Waals surface area contributed by atoms with Crippen molar-refractivity contribution in [1.82, 2.24) is 9.55 Å². The Kier molecular flexibility index (Phi) is 4.18. The van der Waals surface area contributed by atoms with Gasteiger partial charge in [-0.3, -0.25) is 9.36 Å². The van der Waals surface area contributed by atoms with E-state index in [1.165, 1.54) is 16.7 Å². The summed E-state index contributed by atoms with van der Waals surface area (Å²) in [6.07, 6.45) is 0. The summed E-state index contributed by atoms with van der Waals surface area (Å²) in [5.41, 5.74) is 2.61. The molecule has 2 N–H and O–H groups in total. The molecule has 25 heavy (non-hydrogen) atoms. The van der Waals surface area contributed by atoms with Crippen molar-refractivity contribution in [3.05, 3.63) is 62.7 Å². The molecule has 1 heterocycles. The maximum Gasteiger partial charge on any atom is 0.266 e. The highest BCUT2D eigenvalue weighted by Crippen LogP contribution is 2.25. The number of hydrogen-bond acceptors (Lipinski definition) is 4. The number of benzene rings is 2. The molecule has 0 saturated heterocycles. The Bertz CT molecular complexity index is 1180. The number of aryl methyl sites for hydroxylation is 3. The van der Waals surface area contributed by atoms with Crippen molar-refractivity contribution < 1.29 is 8.42 Å². The van der Waals surface area contributed by atoms with Gasteiger partial charge in [-0.25, -0.2) is 18.5 Å². The zero-order valence-corrected chi connectivity index (χ0v) is 15.4. The predicted molar refractivity (Wildman–Crippen MR) is 97.9 cm³/mol. The first-order valence-corrected chi connectivity index (χ1v) is 9.35. The summed E-state index contributed by atoms with van der Waals surface area (Å²) in [6, 6.07) is 8.22.